The Labute approximate surface area is 101 Å². The van der Waals surface area contributed by atoms with Crippen molar-refractivity contribution in [1.29, 1.82) is 5.26 Å². The summed E-state index contributed by atoms with van der Waals surface area (Å²) in [5, 5.41) is 27.9. The van der Waals surface area contributed by atoms with Crippen LogP contribution in [0.3, 0.4) is 0 Å². The van der Waals surface area contributed by atoms with Gasteiger partial charge in [-0.2, -0.15) is 5.26 Å². The van der Waals surface area contributed by atoms with Gasteiger partial charge in [0, 0.05) is 6.07 Å². The van der Waals surface area contributed by atoms with Crippen LogP contribution in [0.25, 0.3) is 0 Å². The van der Waals surface area contributed by atoms with Gasteiger partial charge in [0.05, 0.1) is 18.1 Å². The molecular weight excluding hydrogens is 244 g/mol. The number of nitro benzene ring substituents is 1. The molecule has 0 bridgehead atoms. The van der Waals surface area contributed by atoms with E-state index in [1.54, 1.807) is 6.07 Å². The molecule has 0 unspecified atom stereocenters. The van der Waals surface area contributed by atoms with Crippen molar-refractivity contribution in [1.82, 2.24) is 0 Å². The van der Waals surface area contributed by atoms with Crippen molar-refractivity contribution in [3.05, 3.63) is 27.8 Å². The van der Waals surface area contributed by atoms with E-state index < -0.39 is 22.1 Å². The summed E-state index contributed by atoms with van der Waals surface area (Å²) < 4.78 is 9.77. The number of nitriles is 1. The van der Waals surface area contributed by atoms with Crippen LogP contribution in [0, 0.1) is 21.4 Å². The van der Waals surface area contributed by atoms with Gasteiger partial charge in [-0.15, -0.1) is 0 Å². The highest BCUT2D eigenvalue weighted by molar-refractivity contribution is 5.93. The van der Waals surface area contributed by atoms with Crippen LogP contribution in [-0.2, 0) is 0 Å². The number of methoxy groups -OCH3 is 1. The highest BCUT2D eigenvalue weighted by Crippen LogP contribution is 2.34. The SMILES string of the molecule is COc1cc(C(=O)O)c([N+](=O)[O-])cc1OCC#N. The largest absolute Gasteiger partial charge is 0.493 e. The molecule has 0 saturated carbocycles. The third-order valence-corrected chi connectivity index (χ3v) is 2.00. The maximum Gasteiger partial charge on any atom is 0.342 e. The maximum absolute atomic E-state index is 10.9. The second-order valence-corrected chi connectivity index (χ2v) is 3.03. The number of ether oxygens (including phenoxy) is 2. The zero-order valence-electron chi connectivity index (χ0n) is 9.24. The van der Waals surface area contributed by atoms with Crippen LogP contribution >= 0.6 is 0 Å². The van der Waals surface area contributed by atoms with Crippen molar-refractivity contribution < 1.29 is 24.3 Å². The standard InChI is InChI=1S/C10H8N2O6/c1-17-8-4-6(10(13)14)7(12(15)16)5-9(8)18-3-2-11/h4-5H,3H2,1H3,(H,13,14). The van der Waals surface area contributed by atoms with Crippen molar-refractivity contribution in [2.24, 2.45) is 0 Å². The van der Waals surface area contributed by atoms with E-state index >= 15 is 0 Å². The highest BCUT2D eigenvalue weighted by atomic mass is 16.6. The predicted molar refractivity (Wildman–Crippen MR) is 57.7 cm³/mol. The van der Waals surface area contributed by atoms with Crippen LogP contribution in [0.1, 0.15) is 10.4 Å². The number of rotatable bonds is 5. The number of aromatic carboxylic acids is 1. The summed E-state index contributed by atoms with van der Waals surface area (Å²) in [4.78, 5) is 20.8. The van der Waals surface area contributed by atoms with Crippen molar-refractivity contribution in [3.8, 4) is 17.6 Å². The minimum atomic E-state index is -1.45. The summed E-state index contributed by atoms with van der Waals surface area (Å²) in [6.07, 6.45) is 0. The lowest BCUT2D eigenvalue weighted by Gasteiger charge is -2.09. The molecule has 0 radical (unpaired) electrons. The van der Waals surface area contributed by atoms with Gasteiger partial charge in [0.2, 0.25) is 0 Å². The molecule has 94 valence electrons. The van der Waals surface area contributed by atoms with Gasteiger partial charge >= 0.3 is 5.97 Å². The molecule has 0 aliphatic heterocycles. The van der Waals surface area contributed by atoms with E-state index in [0.717, 1.165) is 12.1 Å². The first-order valence-corrected chi connectivity index (χ1v) is 4.60. The molecule has 0 saturated heterocycles. The fourth-order valence-electron chi connectivity index (χ4n) is 1.25. The zero-order chi connectivity index (χ0) is 13.7. The normalized spacial score (nSPS) is 9.33. The predicted octanol–water partition coefficient (Wildman–Crippen LogP) is 1.20. The molecule has 0 aromatic heterocycles. The first-order valence-electron chi connectivity index (χ1n) is 4.60. The van der Waals surface area contributed by atoms with Gasteiger partial charge in [-0.1, -0.05) is 0 Å². The summed E-state index contributed by atoms with van der Waals surface area (Å²) in [6.45, 7) is -0.333. The van der Waals surface area contributed by atoms with Gasteiger partial charge in [-0.05, 0) is 0 Å². The Morgan fingerprint density at radius 3 is 2.67 bits per heavy atom. The molecule has 1 N–H and O–H groups in total. The molecule has 0 aliphatic rings. The third-order valence-electron chi connectivity index (χ3n) is 2.00. The smallest absolute Gasteiger partial charge is 0.342 e. The van der Waals surface area contributed by atoms with Crippen LogP contribution in [0.15, 0.2) is 12.1 Å². The molecule has 18 heavy (non-hydrogen) atoms. The minimum absolute atomic E-state index is 0.00764. The first-order chi connectivity index (χ1) is 8.51. The molecule has 1 rings (SSSR count). The number of hydrogen-bond donors (Lipinski definition) is 1. The van der Waals surface area contributed by atoms with Gasteiger partial charge in [0.15, 0.2) is 18.1 Å². The van der Waals surface area contributed by atoms with E-state index in [0.29, 0.717) is 0 Å². The molecule has 8 nitrogen and oxygen atoms in total. The Balaban J connectivity index is 3.37. The molecule has 0 spiro atoms. The fourth-order valence-corrected chi connectivity index (χ4v) is 1.25. The number of benzene rings is 1. The zero-order valence-corrected chi connectivity index (χ0v) is 9.24. The Hall–Kier alpha value is -2.82. The molecule has 8 heteroatoms. The monoisotopic (exact) mass is 252 g/mol. The molecular formula is C10H8N2O6. The molecule has 0 heterocycles. The van der Waals surface area contributed by atoms with Crippen molar-refractivity contribution in [2.45, 2.75) is 0 Å². The molecule has 0 amide bonds. The number of carboxylic acids is 1. The third kappa shape index (κ3) is 2.65. The summed E-state index contributed by atoms with van der Waals surface area (Å²) in [7, 11) is 1.26. The molecule has 1 aromatic carbocycles. The minimum Gasteiger partial charge on any atom is -0.493 e. The average molecular weight is 252 g/mol. The lowest BCUT2D eigenvalue weighted by molar-refractivity contribution is -0.385. The maximum atomic E-state index is 10.9. The quantitative estimate of drug-likeness (QED) is 0.616. The second kappa shape index (κ2) is 5.49. The average Bonchev–Trinajstić information content (AvgIpc) is 2.34. The van der Waals surface area contributed by atoms with Gasteiger partial charge in [0.25, 0.3) is 5.69 Å². The number of carboxylic acid groups (broad SMARTS) is 1. The Kier molecular flexibility index (Phi) is 4.04. The second-order valence-electron chi connectivity index (χ2n) is 3.03. The van der Waals surface area contributed by atoms with Crippen molar-refractivity contribution in [2.75, 3.05) is 13.7 Å². The van der Waals surface area contributed by atoms with Crippen LogP contribution in [0.5, 0.6) is 11.5 Å². The molecule has 1 aromatic rings. The number of hydrogen-bond acceptors (Lipinski definition) is 6. The summed E-state index contributed by atoms with van der Waals surface area (Å²) in [5.74, 6) is -1.50. The van der Waals surface area contributed by atoms with E-state index in [1.807, 2.05) is 0 Å². The summed E-state index contributed by atoms with van der Waals surface area (Å²) >= 11 is 0. The van der Waals surface area contributed by atoms with E-state index in [4.69, 9.17) is 19.8 Å². The van der Waals surface area contributed by atoms with Gasteiger partial charge in [0.1, 0.15) is 11.6 Å². The van der Waals surface area contributed by atoms with Crippen LogP contribution in [0.4, 0.5) is 5.69 Å². The van der Waals surface area contributed by atoms with Crippen LogP contribution in [0.2, 0.25) is 0 Å². The van der Waals surface area contributed by atoms with E-state index in [2.05, 4.69) is 0 Å². The van der Waals surface area contributed by atoms with E-state index in [1.165, 1.54) is 7.11 Å². The summed E-state index contributed by atoms with van der Waals surface area (Å²) in [6, 6.07) is 3.59. The number of carbonyl (C=O) groups is 1. The van der Waals surface area contributed by atoms with Gasteiger partial charge in [-0.3, -0.25) is 10.1 Å². The Bertz CT molecular complexity index is 534. The van der Waals surface area contributed by atoms with Crippen LogP contribution < -0.4 is 9.47 Å². The van der Waals surface area contributed by atoms with E-state index in [9.17, 15) is 14.9 Å². The molecule has 0 aliphatic carbocycles. The lowest BCUT2D eigenvalue weighted by Crippen LogP contribution is -2.05. The topological polar surface area (TPSA) is 123 Å². The molecule has 0 atom stereocenters. The van der Waals surface area contributed by atoms with Gasteiger partial charge < -0.3 is 14.6 Å². The number of nitro groups is 1. The first kappa shape index (κ1) is 13.2. The fraction of sp³-hybridized carbons (Fsp3) is 0.200. The Morgan fingerprint density at radius 1 is 1.56 bits per heavy atom. The lowest BCUT2D eigenvalue weighted by atomic mass is 10.1. The van der Waals surface area contributed by atoms with Crippen molar-refractivity contribution >= 4 is 11.7 Å². The van der Waals surface area contributed by atoms with Crippen molar-refractivity contribution in [3.63, 3.8) is 0 Å². The van der Waals surface area contributed by atoms with Crippen LogP contribution in [-0.4, -0.2) is 29.7 Å². The Morgan fingerprint density at radius 2 is 2.22 bits per heavy atom. The van der Waals surface area contributed by atoms with E-state index in [-0.39, 0.29) is 18.1 Å². The molecule has 0 fully saturated rings. The van der Waals surface area contributed by atoms with Gasteiger partial charge in [-0.25, -0.2) is 4.79 Å². The summed E-state index contributed by atoms with van der Waals surface area (Å²) in [5.41, 5.74) is -1.14. The highest BCUT2D eigenvalue weighted by Gasteiger charge is 2.24. The number of nitrogens with zero attached hydrogens (tertiary/aromatic N) is 2.